The van der Waals surface area contributed by atoms with Gasteiger partial charge in [0.2, 0.25) is 0 Å². The Morgan fingerprint density at radius 2 is 1.95 bits per heavy atom. The SMILES string of the molecule is C=C(C)CN1CCN(c2cncc(N(C)C)n2)CC1. The van der Waals surface area contributed by atoms with Crippen LogP contribution < -0.4 is 9.80 Å². The summed E-state index contributed by atoms with van der Waals surface area (Å²) >= 11 is 0. The van der Waals surface area contributed by atoms with Crippen LogP contribution in [0.4, 0.5) is 11.6 Å². The number of anilines is 2. The van der Waals surface area contributed by atoms with Gasteiger partial charge in [0.1, 0.15) is 11.6 Å². The zero-order valence-corrected chi connectivity index (χ0v) is 12.1. The summed E-state index contributed by atoms with van der Waals surface area (Å²) in [5.41, 5.74) is 1.22. The van der Waals surface area contributed by atoms with Gasteiger partial charge in [-0.05, 0) is 6.92 Å². The lowest BCUT2D eigenvalue weighted by Crippen LogP contribution is -2.47. The maximum absolute atomic E-state index is 4.64. The van der Waals surface area contributed by atoms with Crippen LogP contribution in [0.2, 0.25) is 0 Å². The molecular formula is C14H23N5. The van der Waals surface area contributed by atoms with Gasteiger partial charge < -0.3 is 9.80 Å². The minimum Gasteiger partial charge on any atom is -0.361 e. The molecule has 1 aromatic heterocycles. The fourth-order valence-corrected chi connectivity index (χ4v) is 2.23. The quantitative estimate of drug-likeness (QED) is 0.762. The van der Waals surface area contributed by atoms with E-state index in [4.69, 9.17) is 0 Å². The molecule has 1 aliphatic heterocycles. The highest BCUT2D eigenvalue weighted by Gasteiger charge is 2.18. The van der Waals surface area contributed by atoms with Gasteiger partial charge in [-0.1, -0.05) is 12.2 Å². The van der Waals surface area contributed by atoms with E-state index >= 15 is 0 Å². The van der Waals surface area contributed by atoms with Crippen molar-refractivity contribution in [2.24, 2.45) is 0 Å². The molecule has 0 amide bonds. The molecule has 0 bridgehead atoms. The van der Waals surface area contributed by atoms with Crippen molar-refractivity contribution in [3.8, 4) is 0 Å². The minimum absolute atomic E-state index is 0.905. The van der Waals surface area contributed by atoms with E-state index in [9.17, 15) is 0 Å². The van der Waals surface area contributed by atoms with Crippen LogP contribution in [-0.4, -0.2) is 61.7 Å². The smallest absolute Gasteiger partial charge is 0.149 e. The average molecular weight is 261 g/mol. The maximum atomic E-state index is 4.64. The van der Waals surface area contributed by atoms with Crippen molar-refractivity contribution in [2.75, 3.05) is 56.6 Å². The first-order valence-corrected chi connectivity index (χ1v) is 6.67. The standard InChI is InChI=1S/C14H23N5/c1-12(2)11-18-5-7-19(8-6-18)14-10-15-9-13(16-14)17(3)4/h9-10H,1,5-8,11H2,2-4H3. The molecule has 1 aromatic rings. The first-order chi connectivity index (χ1) is 9.06. The molecule has 0 aromatic carbocycles. The highest BCUT2D eigenvalue weighted by molar-refractivity contribution is 5.45. The van der Waals surface area contributed by atoms with Crippen LogP contribution in [0.3, 0.4) is 0 Å². The second kappa shape index (κ2) is 6.02. The Bertz CT molecular complexity index is 435. The third kappa shape index (κ3) is 3.67. The predicted molar refractivity (Wildman–Crippen MR) is 79.8 cm³/mol. The molecule has 0 saturated carbocycles. The molecular weight excluding hydrogens is 238 g/mol. The van der Waals surface area contributed by atoms with Gasteiger partial charge in [-0.25, -0.2) is 4.98 Å². The van der Waals surface area contributed by atoms with E-state index in [2.05, 4.69) is 33.3 Å². The van der Waals surface area contributed by atoms with Crippen LogP contribution in [0.25, 0.3) is 0 Å². The maximum Gasteiger partial charge on any atom is 0.149 e. The van der Waals surface area contributed by atoms with E-state index in [1.807, 2.05) is 25.2 Å². The van der Waals surface area contributed by atoms with E-state index in [0.29, 0.717) is 0 Å². The van der Waals surface area contributed by atoms with E-state index in [1.165, 1.54) is 5.57 Å². The molecule has 0 N–H and O–H groups in total. The van der Waals surface area contributed by atoms with Gasteiger partial charge in [0.15, 0.2) is 0 Å². The van der Waals surface area contributed by atoms with Crippen LogP contribution in [0.15, 0.2) is 24.5 Å². The lowest BCUT2D eigenvalue weighted by molar-refractivity contribution is 0.278. The molecule has 0 spiro atoms. The molecule has 5 heteroatoms. The summed E-state index contributed by atoms with van der Waals surface area (Å²) in [6, 6.07) is 0. The van der Waals surface area contributed by atoms with E-state index in [-0.39, 0.29) is 0 Å². The lowest BCUT2D eigenvalue weighted by Gasteiger charge is -2.35. The molecule has 0 radical (unpaired) electrons. The summed E-state index contributed by atoms with van der Waals surface area (Å²) in [6.07, 6.45) is 3.64. The van der Waals surface area contributed by atoms with Crippen molar-refractivity contribution in [1.29, 1.82) is 0 Å². The number of nitrogens with zero attached hydrogens (tertiary/aromatic N) is 5. The monoisotopic (exact) mass is 261 g/mol. The Morgan fingerprint density at radius 1 is 1.26 bits per heavy atom. The van der Waals surface area contributed by atoms with Crippen molar-refractivity contribution in [1.82, 2.24) is 14.9 Å². The van der Waals surface area contributed by atoms with Crippen molar-refractivity contribution < 1.29 is 0 Å². The summed E-state index contributed by atoms with van der Waals surface area (Å²) in [5.74, 6) is 1.88. The number of aromatic nitrogens is 2. The van der Waals surface area contributed by atoms with Crippen LogP contribution >= 0.6 is 0 Å². The Labute approximate surface area is 115 Å². The van der Waals surface area contributed by atoms with Crippen molar-refractivity contribution in [2.45, 2.75) is 6.92 Å². The zero-order valence-electron chi connectivity index (χ0n) is 12.1. The van der Waals surface area contributed by atoms with Crippen molar-refractivity contribution in [3.05, 3.63) is 24.5 Å². The molecule has 5 nitrogen and oxygen atoms in total. The van der Waals surface area contributed by atoms with Gasteiger partial charge in [-0.2, -0.15) is 0 Å². The molecule has 1 saturated heterocycles. The molecule has 0 unspecified atom stereocenters. The van der Waals surface area contributed by atoms with E-state index < -0.39 is 0 Å². The van der Waals surface area contributed by atoms with Gasteiger partial charge in [-0.15, -0.1) is 0 Å². The van der Waals surface area contributed by atoms with Crippen LogP contribution in [0, 0.1) is 0 Å². The summed E-state index contributed by atoms with van der Waals surface area (Å²) in [7, 11) is 3.97. The molecule has 0 atom stereocenters. The summed E-state index contributed by atoms with van der Waals surface area (Å²) in [4.78, 5) is 15.6. The third-order valence-corrected chi connectivity index (χ3v) is 3.26. The Hall–Kier alpha value is -1.62. The molecule has 2 heterocycles. The highest BCUT2D eigenvalue weighted by Crippen LogP contribution is 2.16. The predicted octanol–water partition coefficient (Wildman–Crippen LogP) is 1.24. The zero-order chi connectivity index (χ0) is 13.8. The third-order valence-electron chi connectivity index (χ3n) is 3.26. The molecule has 104 valence electrons. The fraction of sp³-hybridized carbons (Fsp3) is 0.571. The normalized spacial score (nSPS) is 16.5. The second-order valence-corrected chi connectivity index (χ2v) is 5.35. The van der Waals surface area contributed by atoms with Crippen molar-refractivity contribution in [3.63, 3.8) is 0 Å². The van der Waals surface area contributed by atoms with Crippen LogP contribution in [-0.2, 0) is 0 Å². The van der Waals surface area contributed by atoms with Gasteiger partial charge >= 0.3 is 0 Å². The second-order valence-electron chi connectivity index (χ2n) is 5.35. The molecule has 1 aliphatic rings. The topological polar surface area (TPSA) is 35.5 Å². The Kier molecular flexibility index (Phi) is 4.37. The molecule has 0 aliphatic carbocycles. The van der Waals surface area contributed by atoms with Gasteiger partial charge in [-0.3, -0.25) is 9.88 Å². The Morgan fingerprint density at radius 3 is 2.53 bits per heavy atom. The number of piperazine rings is 1. The summed E-state index contributed by atoms with van der Waals surface area (Å²) < 4.78 is 0. The Balaban J connectivity index is 1.97. The highest BCUT2D eigenvalue weighted by atomic mass is 15.3. The lowest BCUT2D eigenvalue weighted by atomic mass is 10.2. The fourth-order valence-electron chi connectivity index (χ4n) is 2.23. The number of hydrogen-bond donors (Lipinski definition) is 0. The van der Waals surface area contributed by atoms with Gasteiger partial charge in [0, 0.05) is 46.8 Å². The molecule has 19 heavy (non-hydrogen) atoms. The van der Waals surface area contributed by atoms with Crippen LogP contribution in [0.5, 0.6) is 0 Å². The summed E-state index contributed by atoms with van der Waals surface area (Å²) in [5, 5.41) is 0. The first kappa shape index (κ1) is 13.8. The van der Waals surface area contributed by atoms with E-state index in [0.717, 1.165) is 44.4 Å². The number of hydrogen-bond acceptors (Lipinski definition) is 5. The van der Waals surface area contributed by atoms with E-state index in [1.54, 1.807) is 6.20 Å². The number of rotatable bonds is 4. The summed E-state index contributed by atoms with van der Waals surface area (Å²) in [6.45, 7) is 11.2. The molecule has 2 rings (SSSR count). The van der Waals surface area contributed by atoms with Gasteiger partial charge in [0.05, 0.1) is 12.4 Å². The first-order valence-electron chi connectivity index (χ1n) is 6.67. The average Bonchev–Trinajstić information content (AvgIpc) is 2.39. The largest absolute Gasteiger partial charge is 0.361 e. The van der Waals surface area contributed by atoms with Crippen molar-refractivity contribution >= 4 is 11.6 Å². The molecule has 1 fully saturated rings. The van der Waals surface area contributed by atoms with Crippen LogP contribution in [0.1, 0.15) is 6.92 Å². The minimum atomic E-state index is 0.905. The van der Waals surface area contributed by atoms with Gasteiger partial charge in [0.25, 0.3) is 0 Å².